The molecule has 0 saturated carbocycles. The molecule has 0 amide bonds. The molecule has 0 spiro atoms. The Bertz CT molecular complexity index is 837. The third kappa shape index (κ3) is 4.31. The number of carbonyl (C=O) groups is 1. The maximum Gasteiger partial charge on any atom is 0.336 e. The molecule has 2 aromatic carbocycles. The highest BCUT2D eigenvalue weighted by Gasteiger charge is 2.03. The van der Waals surface area contributed by atoms with E-state index in [-0.39, 0.29) is 0 Å². The predicted octanol–water partition coefficient (Wildman–Crippen LogP) is 5.69. The van der Waals surface area contributed by atoms with Gasteiger partial charge in [0.25, 0.3) is 0 Å². The van der Waals surface area contributed by atoms with E-state index in [1.807, 2.05) is 30.3 Å². The molecule has 3 rings (SSSR count). The lowest BCUT2D eigenvalue weighted by Crippen LogP contribution is -2.03. The van der Waals surface area contributed by atoms with E-state index in [9.17, 15) is 4.79 Å². The summed E-state index contributed by atoms with van der Waals surface area (Å²) in [6.07, 6.45) is 3.17. The molecule has 2 nitrogen and oxygen atoms in total. The van der Waals surface area contributed by atoms with Crippen LogP contribution in [-0.4, -0.2) is 5.97 Å². The van der Waals surface area contributed by atoms with Crippen LogP contribution in [0.2, 0.25) is 5.02 Å². The summed E-state index contributed by atoms with van der Waals surface area (Å²) in [6.45, 7) is 0. The summed E-state index contributed by atoms with van der Waals surface area (Å²) in [5.41, 5.74) is 1.17. The number of rotatable bonds is 4. The van der Waals surface area contributed by atoms with Crippen molar-refractivity contribution in [3.63, 3.8) is 0 Å². The second kappa shape index (κ2) is 7.27. The molecule has 114 valence electrons. The van der Waals surface area contributed by atoms with Gasteiger partial charge in [-0.05, 0) is 42.0 Å². The number of carbonyl (C=O) groups excluding carboxylic acids is 1. The lowest BCUT2D eigenvalue weighted by atomic mass is 10.2. The van der Waals surface area contributed by atoms with Gasteiger partial charge >= 0.3 is 5.97 Å². The first kappa shape index (κ1) is 15.5. The van der Waals surface area contributed by atoms with Crippen LogP contribution in [0.15, 0.2) is 72.8 Å². The summed E-state index contributed by atoms with van der Waals surface area (Å²) in [5.74, 6) is 0.00484. The second-order valence-corrected chi connectivity index (χ2v) is 6.33. The smallest absolute Gasteiger partial charge is 0.336 e. The van der Waals surface area contributed by atoms with E-state index >= 15 is 0 Å². The number of esters is 1. The summed E-state index contributed by atoms with van der Waals surface area (Å²) in [4.78, 5) is 14.0. The van der Waals surface area contributed by atoms with E-state index in [0.29, 0.717) is 10.8 Å². The zero-order valence-electron chi connectivity index (χ0n) is 12.1. The van der Waals surface area contributed by atoms with Crippen LogP contribution in [0.25, 0.3) is 16.5 Å². The van der Waals surface area contributed by atoms with Crippen LogP contribution in [0.5, 0.6) is 5.75 Å². The lowest BCUT2D eigenvalue weighted by molar-refractivity contribution is -0.128. The molecule has 23 heavy (non-hydrogen) atoms. The molecule has 1 aromatic heterocycles. The predicted molar refractivity (Wildman–Crippen MR) is 95.9 cm³/mol. The van der Waals surface area contributed by atoms with Crippen LogP contribution < -0.4 is 4.74 Å². The van der Waals surface area contributed by atoms with Crippen molar-refractivity contribution in [2.24, 2.45) is 0 Å². The summed E-state index contributed by atoms with van der Waals surface area (Å²) in [5, 5.41) is 0.532. The maximum atomic E-state index is 11.8. The van der Waals surface area contributed by atoms with Gasteiger partial charge in [-0.25, -0.2) is 4.79 Å². The maximum absolute atomic E-state index is 11.8. The zero-order valence-corrected chi connectivity index (χ0v) is 13.7. The number of ether oxygens (including phenoxy) is 1. The van der Waals surface area contributed by atoms with E-state index in [1.54, 1.807) is 41.7 Å². The van der Waals surface area contributed by atoms with E-state index in [1.165, 1.54) is 11.6 Å². The van der Waals surface area contributed by atoms with Crippen molar-refractivity contribution in [2.45, 2.75) is 0 Å². The second-order valence-electron chi connectivity index (χ2n) is 4.78. The van der Waals surface area contributed by atoms with Crippen molar-refractivity contribution in [2.75, 3.05) is 0 Å². The Hall–Kier alpha value is -2.36. The fourth-order valence-electron chi connectivity index (χ4n) is 2.03. The number of benzene rings is 2. The standard InChI is InChI=1S/C19H13ClO2S/c20-15-7-4-8-16(13-15)22-19(21)12-10-17-9-11-18(23-17)14-5-2-1-3-6-14/h1-13H/b12-10+. The number of thiophene rings is 1. The van der Waals surface area contributed by atoms with Gasteiger partial charge in [0.05, 0.1) is 0 Å². The van der Waals surface area contributed by atoms with Gasteiger partial charge in [0, 0.05) is 20.9 Å². The highest BCUT2D eigenvalue weighted by molar-refractivity contribution is 7.16. The van der Waals surface area contributed by atoms with Crippen LogP contribution in [0.3, 0.4) is 0 Å². The minimum absolute atomic E-state index is 0.429. The normalized spacial score (nSPS) is 10.8. The topological polar surface area (TPSA) is 26.3 Å². The molecule has 0 radical (unpaired) electrons. The van der Waals surface area contributed by atoms with Gasteiger partial charge < -0.3 is 4.74 Å². The van der Waals surface area contributed by atoms with Crippen LogP contribution in [0.1, 0.15) is 4.88 Å². The van der Waals surface area contributed by atoms with Gasteiger partial charge in [0.1, 0.15) is 5.75 Å². The van der Waals surface area contributed by atoms with E-state index in [2.05, 4.69) is 12.1 Å². The molecule has 0 atom stereocenters. The Morgan fingerprint density at radius 1 is 1.00 bits per heavy atom. The summed E-state index contributed by atoms with van der Waals surface area (Å²) < 4.78 is 5.20. The van der Waals surface area contributed by atoms with Gasteiger partial charge in [-0.15, -0.1) is 11.3 Å². The summed E-state index contributed by atoms with van der Waals surface area (Å²) in [7, 11) is 0. The first-order chi connectivity index (χ1) is 11.2. The van der Waals surface area contributed by atoms with Crippen LogP contribution in [0.4, 0.5) is 0 Å². The highest BCUT2D eigenvalue weighted by Crippen LogP contribution is 2.28. The molecular weight excluding hydrogens is 328 g/mol. The van der Waals surface area contributed by atoms with Gasteiger partial charge in [0.15, 0.2) is 0 Å². The Morgan fingerprint density at radius 3 is 2.61 bits per heavy atom. The highest BCUT2D eigenvalue weighted by atomic mass is 35.5. The van der Waals surface area contributed by atoms with Crippen LogP contribution in [-0.2, 0) is 4.79 Å². The largest absolute Gasteiger partial charge is 0.423 e. The number of hydrogen-bond acceptors (Lipinski definition) is 3. The van der Waals surface area contributed by atoms with Crippen molar-refractivity contribution < 1.29 is 9.53 Å². The first-order valence-electron chi connectivity index (χ1n) is 7.01. The molecule has 0 aliphatic rings. The van der Waals surface area contributed by atoms with E-state index < -0.39 is 5.97 Å². The molecule has 3 aromatic rings. The molecule has 0 saturated heterocycles. The van der Waals surface area contributed by atoms with Crippen molar-refractivity contribution in [1.82, 2.24) is 0 Å². The molecule has 0 aliphatic heterocycles. The third-order valence-corrected chi connectivity index (χ3v) is 4.42. The lowest BCUT2D eigenvalue weighted by Gasteiger charge is -2.00. The number of halogens is 1. The first-order valence-corrected chi connectivity index (χ1v) is 8.21. The zero-order chi connectivity index (χ0) is 16.1. The van der Waals surface area contributed by atoms with Gasteiger partial charge in [-0.1, -0.05) is 48.0 Å². The molecule has 1 heterocycles. The monoisotopic (exact) mass is 340 g/mol. The average molecular weight is 341 g/mol. The fraction of sp³-hybridized carbons (Fsp3) is 0. The molecule has 0 fully saturated rings. The molecule has 4 heteroatoms. The molecular formula is C19H13ClO2S. The van der Waals surface area contributed by atoms with Crippen molar-refractivity contribution in [1.29, 1.82) is 0 Å². The fourth-order valence-corrected chi connectivity index (χ4v) is 3.13. The third-order valence-electron chi connectivity index (χ3n) is 3.08. The molecule has 0 N–H and O–H groups in total. The average Bonchev–Trinajstić information content (AvgIpc) is 3.03. The Labute approximate surface area is 143 Å². The van der Waals surface area contributed by atoms with Crippen molar-refractivity contribution in [3.05, 3.63) is 82.7 Å². The van der Waals surface area contributed by atoms with Gasteiger partial charge in [0.2, 0.25) is 0 Å². The summed E-state index contributed by atoms with van der Waals surface area (Å²) >= 11 is 7.48. The van der Waals surface area contributed by atoms with E-state index in [4.69, 9.17) is 16.3 Å². The van der Waals surface area contributed by atoms with E-state index in [0.717, 1.165) is 9.75 Å². The minimum Gasteiger partial charge on any atom is -0.423 e. The van der Waals surface area contributed by atoms with Gasteiger partial charge in [-0.3, -0.25) is 0 Å². The summed E-state index contributed by atoms with van der Waals surface area (Å²) in [6, 6.07) is 20.9. The van der Waals surface area contributed by atoms with Crippen LogP contribution >= 0.6 is 22.9 Å². The Balaban J connectivity index is 1.66. The molecule has 0 bridgehead atoms. The van der Waals surface area contributed by atoms with Crippen molar-refractivity contribution in [3.8, 4) is 16.2 Å². The van der Waals surface area contributed by atoms with Crippen LogP contribution in [0, 0.1) is 0 Å². The SMILES string of the molecule is O=C(/C=C/c1ccc(-c2ccccc2)s1)Oc1cccc(Cl)c1. The quantitative estimate of drug-likeness (QED) is 0.346. The molecule has 0 aliphatic carbocycles. The minimum atomic E-state index is -0.429. The van der Waals surface area contributed by atoms with Crippen molar-refractivity contribution >= 4 is 35.0 Å². The Kier molecular flexibility index (Phi) is 4.91. The number of hydrogen-bond donors (Lipinski definition) is 0. The van der Waals surface area contributed by atoms with Gasteiger partial charge in [-0.2, -0.15) is 0 Å². The molecule has 0 unspecified atom stereocenters. The Morgan fingerprint density at radius 2 is 1.83 bits per heavy atom.